The van der Waals surface area contributed by atoms with E-state index in [-0.39, 0.29) is 54.7 Å². The second-order valence-corrected chi connectivity index (χ2v) is 19.2. The third kappa shape index (κ3) is 10.1. The fourth-order valence-electron chi connectivity index (χ4n) is 7.57. The van der Waals surface area contributed by atoms with E-state index < -0.39 is 44.7 Å². The predicted molar refractivity (Wildman–Crippen MR) is 202 cm³/mol. The van der Waals surface area contributed by atoms with Gasteiger partial charge >= 0.3 is 5.97 Å². The van der Waals surface area contributed by atoms with Crippen molar-refractivity contribution in [2.24, 2.45) is 28.6 Å². The maximum absolute atomic E-state index is 14.4. The molecule has 52 heavy (non-hydrogen) atoms. The number of rotatable bonds is 13. The van der Waals surface area contributed by atoms with Gasteiger partial charge in [-0.25, -0.2) is 8.42 Å². The van der Waals surface area contributed by atoms with Gasteiger partial charge in [0.1, 0.15) is 12.1 Å². The van der Waals surface area contributed by atoms with E-state index >= 15 is 0 Å². The number of carbonyl (C=O) groups excluding carboxylic acids is 4. The summed E-state index contributed by atoms with van der Waals surface area (Å²) in [6.07, 6.45) is 11.6. The molecule has 288 valence electrons. The van der Waals surface area contributed by atoms with Crippen LogP contribution in [0.25, 0.3) is 0 Å². The summed E-state index contributed by atoms with van der Waals surface area (Å²) >= 11 is 3.33. The SMILES string of the molecule is C1CCNCC1.C=C[C@@H]1C[C@]1(CC(=O)[C@@H]1CN(S(=O)(=O)c2ccc(Br)cc2)CN1C(=O)[C@@H](CC(=O)OC1CCCC1)C(C)(C)C)C(=O)NCC1CC1. The minimum absolute atomic E-state index is 0.0357. The van der Waals surface area contributed by atoms with Gasteiger partial charge in [0.25, 0.3) is 0 Å². The Labute approximate surface area is 318 Å². The molecule has 6 rings (SSSR count). The van der Waals surface area contributed by atoms with Crippen LogP contribution in [0.15, 0.2) is 46.3 Å². The van der Waals surface area contributed by atoms with E-state index in [4.69, 9.17) is 4.74 Å². The Morgan fingerprint density at radius 1 is 1.04 bits per heavy atom. The van der Waals surface area contributed by atoms with Crippen LogP contribution in [0.3, 0.4) is 0 Å². The van der Waals surface area contributed by atoms with Crippen molar-refractivity contribution in [3.8, 4) is 0 Å². The van der Waals surface area contributed by atoms with Crippen molar-refractivity contribution in [3.05, 3.63) is 41.4 Å². The van der Waals surface area contributed by atoms with Gasteiger partial charge in [0.05, 0.1) is 29.3 Å². The highest BCUT2D eigenvalue weighted by Crippen LogP contribution is 2.57. The molecule has 2 amide bonds. The number of esters is 1. The van der Waals surface area contributed by atoms with Crippen LogP contribution < -0.4 is 10.6 Å². The molecular formula is C39H57BrN4O7S. The van der Waals surface area contributed by atoms with Crippen molar-refractivity contribution in [1.82, 2.24) is 19.8 Å². The van der Waals surface area contributed by atoms with E-state index in [1.807, 2.05) is 20.8 Å². The van der Waals surface area contributed by atoms with Crippen LogP contribution in [0, 0.1) is 28.6 Å². The number of nitrogens with zero attached hydrogens (tertiary/aromatic N) is 2. The summed E-state index contributed by atoms with van der Waals surface area (Å²) in [6.45, 7) is 11.9. The van der Waals surface area contributed by atoms with Crippen LogP contribution >= 0.6 is 15.9 Å². The summed E-state index contributed by atoms with van der Waals surface area (Å²) in [5.74, 6) is -2.11. The van der Waals surface area contributed by atoms with Crippen LogP contribution in [0.4, 0.5) is 0 Å². The smallest absolute Gasteiger partial charge is 0.306 e. The highest BCUT2D eigenvalue weighted by atomic mass is 79.9. The maximum atomic E-state index is 14.4. The Balaban J connectivity index is 0.000000790. The molecule has 0 aromatic heterocycles. The standard InChI is InChI=1S/C34H46BrN3O7S.C5H11N/c1-5-23-17-34(23,32(42)36-19-22-10-11-22)18-29(39)28-20-37(46(43,44)26-14-12-24(35)13-15-26)21-38(28)31(41)27(33(2,3)4)16-30(40)45-25-8-6-7-9-25;1-2-4-6-5-3-1/h5,12-15,22-23,25,27-28H,1,6-11,16-21H2,2-4H3,(H,36,42);6H,1-5H2/t23-,27-,28+,34-;/m1./s1. The summed E-state index contributed by atoms with van der Waals surface area (Å²) in [7, 11) is -4.08. The minimum Gasteiger partial charge on any atom is -0.462 e. The molecule has 2 heterocycles. The number of nitrogens with one attached hydrogen (secondary N) is 2. The third-order valence-electron chi connectivity index (χ3n) is 11.3. The Morgan fingerprint density at radius 2 is 1.69 bits per heavy atom. The lowest BCUT2D eigenvalue weighted by Crippen LogP contribution is -2.49. The Bertz CT molecular complexity index is 1550. The number of allylic oxidation sites excluding steroid dienone is 1. The molecule has 0 radical (unpaired) electrons. The largest absolute Gasteiger partial charge is 0.462 e. The summed E-state index contributed by atoms with van der Waals surface area (Å²) < 4.78 is 35.1. The molecule has 11 nitrogen and oxygen atoms in total. The van der Waals surface area contributed by atoms with E-state index in [0.29, 0.717) is 23.4 Å². The summed E-state index contributed by atoms with van der Waals surface area (Å²) in [5, 5.41) is 6.29. The zero-order chi connectivity index (χ0) is 37.7. The van der Waals surface area contributed by atoms with E-state index in [0.717, 1.165) is 42.8 Å². The maximum Gasteiger partial charge on any atom is 0.306 e. The lowest BCUT2D eigenvalue weighted by Gasteiger charge is -2.34. The van der Waals surface area contributed by atoms with Crippen LogP contribution in [0.1, 0.15) is 97.8 Å². The molecule has 0 spiro atoms. The van der Waals surface area contributed by atoms with Crippen molar-refractivity contribution < 1.29 is 32.3 Å². The Hall–Kier alpha value is -2.61. The summed E-state index contributed by atoms with van der Waals surface area (Å²) in [5.41, 5.74) is -1.65. The molecule has 4 atom stereocenters. The molecule has 5 aliphatic rings. The zero-order valence-corrected chi connectivity index (χ0v) is 33.4. The molecule has 0 bridgehead atoms. The van der Waals surface area contributed by atoms with E-state index in [9.17, 15) is 27.6 Å². The molecule has 2 N–H and O–H groups in total. The number of carbonyl (C=O) groups is 4. The highest BCUT2D eigenvalue weighted by Gasteiger charge is 2.60. The van der Waals surface area contributed by atoms with Crippen molar-refractivity contribution >= 4 is 49.5 Å². The lowest BCUT2D eigenvalue weighted by molar-refractivity contribution is -0.156. The number of hydrogen-bond donors (Lipinski definition) is 2. The number of piperidine rings is 1. The van der Waals surface area contributed by atoms with Crippen LogP contribution in [-0.2, 0) is 33.9 Å². The number of amides is 2. The first-order valence-electron chi connectivity index (χ1n) is 19.1. The first kappa shape index (κ1) is 40.6. The van der Waals surface area contributed by atoms with Crippen molar-refractivity contribution in [2.45, 2.75) is 115 Å². The molecule has 1 aromatic rings. The monoisotopic (exact) mass is 804 g/mol. The summed E-state index contributed by atoms with van der Waals surface area (Å²) in [6, 6.07) is 5.05. The first-order chi connectivity index (χ1) is 24.7. The van der Waals surface area contributed by atoms with Gasteiger partial charge in [-0.1, -0.05) is 49.2 Å². The highest BCUT2D eigenvalue weighted by molar-refractivity contribution is 9.10. The molecule has 0 unspecified atom stereocenters. The number of halogens is 1. The van der Waals surface area contributed by atoms with Crippen LogP contribution in [0.5, 0.6) is 0 Å². The second kappa shape index (κ2) is 17.2. The quantitative estimate of drug-likeness (QED) is 0.195. The van der Waals surface area contributed by atoms with Gasteiger partial charge in [-0.15, -0.1) is 6.58 Å². The number of Topliss-reactive ketones (excluding diaryl/α,β-unsaturated/α-hetero) is 1. The lowest BCUT2D eigenvalue weighted by atomic mass is 9.77. The fraction of sp³-hybridized carbons (Fsp3) is 0.692. The average molecular weight is 806 g/mol. The van der Waals surface area contributed by atoms with Gasteiger partial charge in [-0.05, 0) is 112 Å². The number of hydrogen-bond acceptors (Lipinski definition) is 8. The second-order valence-electron chi connectivity index (χ2n) is 16.4. The molecule has 1 aromatic carbocycles. The molecule has 2 saturated heterocycles. The third-order valence-corrected chi connectivity index (χ3v) is 13.6. The zero-order valence-electron chi connectivity index (χ0n) is 31.0. The molecule has 2 aliphatic heterocycles. The average Bonchev–Trinajstić information content (AvgIpc) is 3.96. The topological polar surface area (TPSA) is 142 Å². The predicted octanol–water partition coefficient (Wildman–Crippen LogP) is 5.58. The molecule has 13 heteroatoms. The van der Waals surface area contributed by atoms with Gasteiger partial charge in [-0.3, -0.25) is 19.2 Å². The fourth-order valence-corrected chi connectivity index (χ4v) is 9.23. The van der Waals surface area contributed by atoms with E-state index in [2.05, 4.69) is 33.1 Å². The van der Waals surface area contributed by atoms with Gasteiger partial charge < -0.3 is 20.3 Å². The number of ketones is 1. The summed E-state index contributed by atoms with van der Waals surface area (Å²) in [4.78, 5) is 56.4. The van der Waals surface area contributed by atoms with E-state index in [1.165, 1.54) is 49.4 Å². The van der Waals surface area contributed by atoms with Gasteiger partial charge in [-0.2, -0.15) is 4.31 Å². The van der Waals surface area contributed by atoms with Crippen molar-refractivity contribution in [2.75, 3.05) is 32.8 Å². The Kier molecular flexibility index (Phi) is 13.5. The normalized spacial score (nSPS) is 25.8. The minimum atomic E-state index is -4.08. The molecule has 5 fully saturated rings. The van der Waals surface area contributed by atoms with Gasteiger partial charge in [0.15, 0.2) is 5.78 Å². The Morgan fingerprint density at radius 3 is 2.21 bits per heavy atom. The number of ether oxygens (including phenoxy) is 1. The van der Waals surface area contributed by atoms with E-state index in [1.54, 1.807) is 18.2 Å². The molecular weight excluding hydrogens is 748 g/mol. The van der Waals surface area contributed by atoms with Crippen molar-refractivity contribution in [3.63, 3.8) is 0 Å². The molecule has 3 aliphatic carbocycles. The number of sulfonamides is 1. The molecule has 3 saturated carbocycles. The van der Waals surface area contributed by atoms with Crippen molar-refractivity contribution in [1.29, 1.82) is 0 Å². The van der Waals surface area contributed by atoms with Gasteiger partial charge in [0, 0.05) is 24.0 Å². The van der Waals surface area contributed by atoms with Crippen LogP contribution in [-0.4, -0.2) is 86.2 Å². The number of benzene rings is 1. The van der Waals surface area contributed by atoms with Crippen LogP contribution in [0.2, 0.25) is 0 Å². The van der Waals surface area contributed by atoms with Gasteiger partial charge in [0.2, 0.25) is 21.8 Å². The first-order valence-corrected chi connectivity index (χ1v) is 21.3.